The lowest BCUT2D eigenvalue weighted by atomic mass is 9.86. The normalized spacial score (nSPS) is 20.5. The molecule has 0 spiro atoms. The molecule has 1 fully saturated rings. The van der Waals surface area contributed by atoms with Crippen molar-refractivity contribution in [3.8, 4) is 0 Å². The Morgan fingerprint density at radius 1 is 1.12 bits per heavy atom. The third kappa shape index (κ3) is 3.41. The van der Waals surface area contributed by atoms with Gasteiger partial charge >= 0.3 is 0 Å². The highest BCUT2D eigenvalue weighted by Crippen LogP contribution is 2.32. The number of aliphatic hydroxyl groups excluding tert-OH is 1. The lowest BCUT2D eigenvalue weighted by Gasteiger charge is -2.37. The zero-order chi connectivity index (χ0) is 17.9. The van der Waals surface area contributed by atoms with Crippen LogP contribution in [0.4, 0.5) is 5.82 Å². The fraction of sp³-hybridized carbons (Fsp3) is 0.333. The first-order chi connectivity index (χ1) is 12.7. The van der Waals surface area contributed by atoms with Gasteiger partial charge in [-0.05, 0) is 22.8 Å². The van der Waals surface area contributed by atoms with Gasteiger partial charge in [0.2, 0.25) is 0 Å². The summed E-state index contributed by atoms with van der Waals surface area (Å²) in [6, 6.07) is 16.8. The van der Waals surface area contributed by atoms with Gasteiger partial charge in [-0.2, -0.15) is 0 Å². The molecule has 4 rings (SSSR count). The fourth-order valence-corrected chi connectivity index (χ4v) is 3.75. The van der Waals surface area contributed by atoms with Gasteiger partial charge in [-0.1, -0.05) is 42.5 Å². The predicted octanol–water partition coefficient (Wildman–Crippen LogP) is 3.13. The van der Waals surface area contributed by atoms with Crippen molar-refractivity contribution in [2.75, 3.05) is 25.1 Å². The first-order valence-electron chi connectivity index (χ1n) is 8.96. The van der Waals surface area contributed by atoms with Crippen LogP contribution >= 0.6 is 0 Å². The standard InChI is InChI=1S/C21H23N3O2/c1-26-13-18-11-21(23-14-22-18)24-9-8-19(20(25)12-24)17-7-6-15-4-2-3-5-16(15)10-17/h2-7,10-11,14,19-20,25H,8-9,12-13H2,1H3/t19-,20+/m0/s1. The monoisotopic (exact) mass is 349 g/mol. The zero-order valence-corrected chi connectivity index (χ0v) is 14.9. The molecule has 2 heterocycles. The van der Waals surface area contributed by atoms with Crippen molar-refractivity contribution in [2.45, 2.75) is 25.0 Å². The van der Waals surface area contributed by atoms with Crippen LogP contribution in [0.25, 0.3) is 10.8 Å². The van der Waals surface area contributed by atoms with Crippen molar-refractivity contribution < 1.29 is 9.84 Å². The quantitative estimate of drug-likeness (QED) is 0.784. The lowest BCUT2D eigenvalue weighted by molar-refractivity contribution is 0.129. The first kappa shape index (κ1) is 16.9. The van der Waals surface area contributed by atoms with Gasteiger partial charge in [-0.25, -0.2) is 9.97 Å². The molecule has 1 saturated heterocycles. The number of fused-ring (bicyclic) bond motifs is 1. The third-order valence-electron chi connectivity index (χ3n) is 5.11. The molecule has 0 aliphatic carbocycles. The Morgan fingerprint density at radius 3 is 2.77 bits per heavy atom. The van der Waals surface area contributed by atoms with Crippen LogP contribution in [0.3, 0.4) is 0 Å². The minimum Gasteiger partial charge on any atom is -0.391 e. The molecular formula is C21H23N3O2. The van der Waals surface area contributed by atoms with Gasteiger partial charge in [0.1, 0.15) is 12.1 Å². The number of aromatic nitrogens is 2. The predicted molar refractivity (Wildman–Crippen MR) is 102 cm³/mol. The summed E-state index contributed by atoms with van der Waals surface area (Å²) < 4.78 is 5.14. The Labute approximate surface area is 153 Å². The zero-order valence-electron chi connectivity index (χ0n) is 14.9. The molecule has 0 bridgehead atoms. The van der Waals surface area contributed by atoms with Gasteiger partial charge in [0.25, 0.3) is 0 Å². The van der Waals surface area contributed by atoms with E-state index in [1.807, 2.05) is 6.07 Å². The molecule has 3 aromatic rings. The molecule has 1 N–H and O–H groups in total. The first-order valence-corrected chi connectivity index (χ1v) is 8.96. The number of aliphatic hydroxyl groups is 1. The van der Waals surface area contributed by atoms with Crippen LogP contribution < -0.4 is 4.90 Å². The van der Waals surface area contributed by atoms with Crippen molar-refractivity contribution in [3.05, 3.63) is 66.1 Å². The Bertz CT molecular complexity index is 899. The molecule has 1 aliphatic rings. The molecule has 0 unspecified atom stereocenters. The molecular weight excluding hydrogens is 326 g/mol. The number of hydrogen-bond donors (Lipinski definition) is 1. The van der Waals surface area contributed by atoms with E-state index in [9.17, 15) is 5.11 Å². The second-order valence-corrected chi connectivity index (χ2v) is 6.82. The molecule has 2 aromatic carbocycles. The van der Waals surface area contributed by atoms with Crippen LogP contribution in [0, 0.1) is 0 Å². The molecule has 1 aliphatic heterocycles. The molecule has 2 atom stereocenters. The van der Waals surface area contributed by atoms with Gasteiger partial charge in [0.05, 0.1) is 18.4 Å². The summed E-state index contributed by atoms with van der Waals surface area (Å²) in [5.41, 5.74) is 2.06. The number of hydrogen-bond acceptors (Lipinski definition) is 5. The van der Waals surface area contributed by atoms with Crippen LogP contribution in [0.15, 0.2) is 54.9 Å². The fourth-order valence-electron chi connectivity index (χ4n) is 3.75. The molecule has 26 heavy (non-hydrogen) atoms. The van der Waals surface area contributed by atoms with Crippen molar-refractivity contribution in [3.63, 3.8) is 0 Å². The van der Waals surface area contributed by atoms with Gasteiger partial charge < -0.3 is 14.7 Å². The third-order valence-corrected chi connectivity index (χ3v) is 5.11. The maximum Gasteiger partial charge on any atom is 0.132 e. The summed E-state index contributed by atoms with van der Waals surface area (Å²) in [6.07, 6.45) is 2.03. The number of β-amino-alcohol motifs (C(OH)–C–C–N with tert-alkyl or cyclic N) is 1. The average Bonchev–Trinajstić information content (AvgIpc) is 2.68. The van der Waals surface area contributed by atoms with E-state index >= 15 is 0 Å². The van der Waals surface area contributed by atoms with Gasteiger partial charge in [-0.3, -0.25) is 0 Å². The van der Waals surface area contributed by atoms with Crippen LogP contribution in [-0.2, 0) is 11.3 Å². The van der Waals surface area contributed by atoms with E-state index in [0.717, 1.165) is 24.5 Å². The molecule has 0 amide bonds. The summed E-state index contributed by atoms with van der Waals surface area (Å²) in [5.74, 6) is 0.999. The molecule has 0 radical (unpaired) electrons. The number of ether oxygens (including phenoxy) is 1. The van der Waals surface area contributed by atoms with E-state index < -0.39 is 6.10 Å². The lowest BCUT2D eigenvalue weighted by Crippen LogP contribution is -2.43. The summed E-state index contributed by atoms with van der Waals surface area (Å²) in [5, 5.41) is 13.2. The number of nitrogens with zero attached hydrogens (tertiary/aromatic N) is 3. The van der Waals surface area contributed by atoms with E-state index in [1.54, 1.807) is 13.4 Å². The maximum absolute atomic E-state index is 10.8. The highest BCUT2D eigenvalue weighted by atomic mass is 16.5. The van der Waals surface area contributed by atoms with Crippen molar-refractivity contribution in [1.29, 1.82) is 0 Å². The second-order valence-electron chi connectivity index (χ2n) is 6.82. The smallest absolute Gasteiger partial charge is 0.132 e. The summed E-state index contributed by atoms with van der Waals surface area (Å²) in [7, 11) is 1.65. The molecule has 1 aromatic heterocycles. The number of benzene rings is 2. The van der Waals surface area contributed by atoms with E-state index in [-0.39, 0.29) is 5.92 Å². The van der Waals surface area contributed by atoms with Crippen LogP contribution in [-0.4, -0.2) is 41.4 Å². The van der Waals surface area contributed by atoms with E-state index in [0.29, 0.717) is 13.2 Å². The van der Waals surface area contributed by atoms with Gasteiger partial charge in [0.15, 0.2) is 0 Å². The molecule has 0 saturated carbocycles. The average molecular weight is 349 g/mol. The number of methoxy groups -OCH3 is 1. The number of anilines is 1. The summed E-state index contributed by atoms with van der Waals surface area (Å²) >= 11 is 0. The van der Waals surface area contributed by atoms with Crippen molar-refractivity contribution in [2.24, 2.45) is 0 Å². The second kappa shape index (κ2) is 7.40. The summed E-state index contributed by atoms with van der Waals surface area (Å²) in [4.78, 5) is 10.7. The van der Waals surface area contributed by atoms with Crippen molar-refractivity contribution >= 4 is 16.6 Å². The van der Waals surface area contributed by atoms with E-state index in [2.05, 4.69) is 57.3 Å². The van der Waals surface area contributed by atoms with Crippen LogP contribution in [0.2, 0.25) is 0 Å². The van der Waals surface area contributed by atoms with Gasteiger partial charge in [0, 0.05) is 32.2 Å². The number of rotatable bonds is 4. The number of piperidine rings is 1. The van der Waals surface area contributed by atoms with Crippen LogP contribution in [0.1, 0.15) is 23.6 Å². The minimum absolute atomic E-state index is 0.149. The minimum atomic E-state index is -0.425. The van der Waals surface area contributed by atoms with Gasteiger partial charge in [-0.15, -0.1) is 0 Å². The van der Waals surface area contributed by atoms with E-state index in [4.69, 9.17) is 4.74 Å². The molecule has 134 valence electrons. The Hall–Kier alpha value is -2.50. The highest BCUT2D eigenvalue weighted by Gasteiger charge is 2.29. The Morgan fingerprint density at radius 2 is 1.96 bits per heavy atom. The maximum atomic E-state index is 10.8. The van der Waals surface area contributed by atoms with E-state index in [1.165, 1.54) is 16.3 Å². The topological polar surface area (TPSA) is 58.5 Å². The summed E-state index contributed by atoms with van der Waals surface area (Å²) in [6.45, 7) is 1.89. The highest BCUT2D eigenvalue weighted by molar-refractivity contribution is 5.83. The molecule has 5 nitrogen and oxygen atoms in total. The SMILES string of the molecule is COCc1cc(N2CC[C@@H](c3ccc4ccccc4c3)[C@H](O)C2)ncn1. The largest absolute Gasteiger partial charge is 0.391 e. The van der Waals surface area contributed by atoms with Crippen LogP contribution in [0.5, 0.6) is 0 Å². The van der Waals surface area contributed by atoms with Crippen molar-refractivity contribution in [1.82, 2.24) is 9.97 Å². The molecule has 5 heteroatoms. The Balaban J connectivity index is 1.51. The Kier molecular flexibility index (Phi) is 4.82.